The van der Waals surface area contributed by atoms with Crippen LogP contribution in [0, 0.1) is 5.92 Å². The van der Waals surface area contributed by atoms with E-state index < -0.39 is 0 Å². The Morgan fingerprint density at radius 2 is 1.96 bits per heavy atom. The van der Waals surface area contributed by atoms with Crippen LogP contribution in [0.4, 0.5) is 5.95 Å². The van der Waals surface area contributed by atoms with E-state index in [1.165, 1.54) is 0 Å². The van der Waals surface area contributed by atoms with Gasteiger partial charge >= 0.3 is 0 Å². The minimum Gasteiger partial charge on any atom is -0.336 e. The minimum atomic E-state index is 0.566. The maximum absolute atomic E-state index is 6.21. The molecule has 28 heavy (non-hydrogen) atoms. The van der Waals surface area contributed by atoms with Crippen LogP contribution in [-0.2, 0) is 20.0 Å². The molecule has 0 bridgehead atoms. The zero-order chi connectivity index (χ0) is 20.3. The van der Waals surface area contributed by atoms with Crippen LogP contribution in [0.1, 0.15) is 44.9 Å². The minimum absolute atomic E-state index is 0.566. The third kappa shape index (κ3) is 4.76. The lowest BCUT2D eigenvalue weighted by atomic mass is 10.1. The predicted molar refractivity (Wildman–Crippen MR) is 117 cm³/mol. The van der Waals surface area contributed by atoms with Crippen molar-refractivity contribution in [3.63, 3.8) is 0 Å². The fraction of sp³-hybridized carbons (Fsp3) is 0.476. The van der Waals surface area contributed by atoms with Crippen LogP contribution in [0.2, 0.25) is 10.0 Å². The van der Waals surface area contributed by atoms with Crippen LogP contribution < -0.4 is 4.90 Å². The Bertz CT molecular complexity index is 951. The van der Waals surface area contributed by atoms with Crippen LogP contribution in [0.5, 0.6) is 0 Å². The fourth-order valence-electron chi connectivity index (χ4n) is 3.18. The molecule has 1 aromatic carbocycles. The van der Waals surface area contributed by atoms with Gasteiger partial charge in [-0.3, -0.25) is 4.68 Å². The van der Waals surface area contributed by atoms with E-state index >= 15 is 0 Å². The van der Waals surface area contributed by atoms with Gasteiger partial charge in [0.1, 0.15) is 11.0 Å². The Hall–Kier alpha value is -1.85. The highest BCUT2D eigenvalue weighted by molar-refractivity contribution is 6.42. The van der Waals surface area contributed by atoms with Crippen molar-refractivity contribution in [1.29, 1.82) is 0 Å². The topological polar surface area (TPSA) is 46.8 Å². The summed E-state index contributed by atoms with van der Waals surface area (Å²) < 4.78 is 1.86. The molecule has 0 aliphatic rings. The van der Waals surface area contributed by atoms with Gasteiger partial charge in [-0.15, -0.1) is 0 Å². The van der Waals surface area contributed by atoms with Crippen molar-refractivity contribution >= 4 is 40.2 Å². The number of benzene rings is 1. The molecular weight excluding hydrogens is 393 g/mol. The maximum Gasteiger partial charge on any atom is 0.226 e. The number of rotatable bonds is 8. The van der Waals surface area contributed by atoms with Crippen molar-refractivity contribution in [3.8, 4) is 0 Å². The summed E-state index contributed by atoms with van der Waals surface area (Å²) in [5.41, 5.74) is 4.02. The molecule has 0 unspecified atom stereocenters. The number of nitrogens with zero attached hydrogens (tertiary/aromatic N) is 5. The number of aromatic nitrogens is 4. The van der Waals surface area contributed by atoms with Crippen LogP contribution in [-0.4, -0.2) is 26.3 Å². The van der Waals surface area contributed by atoms with E-state index in [-0.39, 0.29) is 0 Å². The summed E-state index contributed by atoms with van der Waals surface area (Å²) in [6.45, 7) is 8.15. The molecular formula is C21H27Cl2N5. The Morgan fingerprint density at radius 1 is 1.18 bits per heavy atom. The highest BCUT2D eigenvalue weighted by atomic mass is 35.5. The van der Waals surface area contributed by atoms with E-state index in [9.17, 15) is 0 Å². The molecule has 0 N–H and O–H groups in total. The van der Waals surface area contributed by atoms with Gasteiger partial charge in [0, 0.05) is 20.1 Å². The summed E-state index contributed by atoms with van der Waals surface area (Å²) >= 11 is 12.3. The van der Waals surface area contributed by atoms with Gasteiger partial charge in [-0.25, -0.2) is 9.97 Å². The van der Waals surface area contributed by atoms with Crippen molar-refractivity contribution in [1.82, 2.24) is 19.7 Å². The average Bonchev–Trinajstić information content (AvgIpc) is 2.97. The molecule has 0 radical (unpaired) electrons. The summed E-state index contributed by atoms with van der Waals surface area (Å²) in [4.78, 5) is 11.8. The van der Waals surface area contributed by atoms with Crippen LogP contribution >= 0.6 is 23.2 Å². The lowest BCUT2D eigenvalue weighted by molar-refractivity contribution is 0.567. The number of anilines is 1. The molecule has 0 spiro atoms. The van der Waals surface area contributed by atoms with Gasteiger partial charge in [-0.2, -0.15) is 5.10 Å². The van der Waals surface area contributed by atoms with Crippen molar-refractivity contribution in [3.05, 3.63) is 45.7 Å². The summed E-state index contributed by atoms with van der Waals surface area (Å²) in [5.74, 6) is 1.32. The van der Waals surface area contributed by atoms with Gasteiger partial charge in [0.2, 0.25) is 5.95 Å². The molecule has 3 rings (SSSR count). The standard InChI is InChI=1S/C21H27Cl2N5/c1-5-6-18-20-19(27(4)26-18)12-24-21(25-20)28(10-9-14(2)3)13-15-7-8-16(22)17(23)11-15/h7-8,11-12,14H,5-6,9-10,13H2,1-4H3. The molecule has 0 atom stereocenters. The second kappa shape index (κ2) is 9.10. The molecule has 0 saturated heterocycles. The third-order valence-electron chi connectivity index (χ3n) is 4.75. The first-order chi connectivity index (χ1) is 13.4. The maximum atomic E-state index is 6.21. The zero-order valence-corrected chi connectivity index (χ0v) is 18.4. The quantitative estimate of drug-likeness (QED) is 0.471. The number of fused-ring (bicyclic) bond motifs is 1. The molecule has 0 amide bonds. The Morgan fingerprint density at radius 3 is 2.64 bits per heavy atom. The van der Waals surface area contributed by atoms with Crippen molar-refractivity contribution in [2.24, 2.45) is 13.0 Å². The fourth-order valence-corrected chi connectivity index (χ4v) is 3.50. The normalized spacial score (nSPS) is 11.5. The van der Waals surface area contributed by atoms with Crippen LogP contribution in [0.25, 0.3) is 11.0 Å². The highest BCUT2D eigenvalue weighted by Crippen LogP contribution is 2.25. The number of hydrogen-bond acceptors (Lipinski definition) is 4. The third-order valence-corrected chi connectivity index (χ3v) is 5.49. The van der Waals surface area contributed by atoms with Crippen molar-refractivity contribution < 1.29 is 0 Å². The molecule has 150 valence electrons. The Balaban J connectivity index is 1.96. The SMILES string of the molecule is CCCc1nn(C)c2cnc(N(CCC(C)C)Cc3ccc(Cl)c(Cl)c3)nc12. The lowest BCUT2D eigenvalue weighted by Crippen LogP contribution is -2.27. The van der Waals surface area contributed by atoms with E-state index in [0.717, 1.165) is 54.0 Å². The second-order valence-electron chi connectivity index (χ2n) is 7.58. The summed E-state index contributed by atoms with van der Waals surface area (Å²) in [5, 5.41) is 5.76. The first kappa shape index (κ1) is 20.9. The predicted octanol–water partition coefficient (Wildman–Crippen LogP) is 5.68. The van der Waals surface area contributed by atoms with Crippen molar-refractivity contribution in [2.75, 3.05) is 11.4 Å². The molecule has 2 heterocycles. The molecule has 0 fully saturated rings. The summed E-state index contributed by atoms with van der Waals surface area (Å²) in [7, 11) is 1.94. The molecule has 0 aliphatic carbocycles. The summed E-state index contributed by atoms with van der Waals surface area (Å²) in [6.07, 6.45) is 4.87. The van der Waals surface area contributed by atoms with Crippen LogP contribution in [0.3, 0.4) is 0 Å². The van der Waals surface area contributed by atoms with E-state index in [4.69, 9.17) is 28.2 Å². The van der Waals surface area contributed by atoms with E-state index in [1.54, 1.807) is 0 Å². The lowest BCUT2D eigenvalue weighted by Gasteiger charge is -2.24. The molecule has 2 aromatic heterocycles. The van der Waals surface area contributed by atoms with Gasteiger partial charge in [0.15, 0.2) is 0 Å². The van der Waals surface area contributed by atoms with Gasteiger partial charge in [0.05, 0.1) is 21.9 Å². The van der Waals surface area contributed by atoms with Crippen molar-refractivity contribution in [2.45, 2.75) is 46.6 Å². The molecule has 0 aliphatic heterocycles. The first-order valence-corrected chi connectivity index (χ1v) is 10.5. The van der Waals surface area contributed by atoms with E-state index in [1.807, 2.05) is 36.1 Å². The number of aryl methyl sites for hydroxylation is 2. The second-order valence-corrected chi connectivity index (χ2v) is 8.39. The molecule has 7 heteroatoms. The van der Waals surface area contributed by atoms with E-state index in [0.29, 0.717) is 22.5 Å². The number of hydrogen-bond donors (Lipinski definition) is 0. The van der Waals surface area contributed by atoms with Gasteiger partial charge < -0.3 is 4.90 Å². The van der Waals surface area contributed by atoms with E-state index in [2.05, 4.69) is 35.8 Å². The highest BCUT2D eigenvalue weighted by Gasteiger charge is 2.16. The molecule has 5 nitrogen and oxygen atoms in total. The molecule has 0 saturated carbocycles. The van der Waals surface area contributed by atoms with Crippen LogP contribution in [0.15, 0.2) is 24.4 Å². The largest absolute Gasteiger partial charge is 0.336 e. The molecule has 3 aromatic rings. The monoisotopic (exact) mass is 419 g/mol. The summed E-state index contributed by atoms with van der Waals surface area (Å²) in [6, 6.07) is 5.75. The van der Waals surface area contributed by atoms with Gasteiger partial charge in [-0.1, -0.05) is 56.5 Å². The Labute approximate surface area is 176 Å². The zero-order valence-electron chi connectivity index (χ0n) is 16.9. The Kier molecular flexibility index (Phi) is 6.78. The number of halogens is 2. The van der Waals surface area contributed by atoms with Gasteiger partial charge in [0.25, 0.3) is 0 Å². The van der Waals surface area contributed by atoms with Gasteiger partial charge in [-0.05, 0) is 36.5 Å². The average molecular weight is 420 g/mol. The first-order valence-electron chi connectivity index (χ1n) is 9.76. The smallest absolute Gasteiger partial charge is 0.226 e.